The summed E-state index contributed by atoms with van der Waals surface area (Å²) in [4.78, 5) is 14.4. The van der Waals surface area contributed by atoms with Crippen molar-refractivity contribution in [1.29, 1.82) is 0 Å². The molecule has 0 saturated heterocycles. The van der Waals surface area contributed by atoms with Gasteiger partial charge in [-0.1, -0.05) is 26.7 Å². The SMILES string of the molecule is CCCC(C)N(C)C(=O)C(C)C1CCCC(N)C1. The Balaban J connectivity index is 2.54. The van der Waals surface area contributed by atoms with E-state index in [-0.39, 0.29) is 5.92 Å². The Bertz CT molecular complexity index is 267. The van der Waals surface area contributed by atoms with E-state index in [1.165, 1.54) is 6.42 Å². The van der Waals surface area contributed by atoms with E-state index < -0.39 is 0 Å². The van der Waals surface area contributed by atoms with E-state index in [0.29, 0.717) is 23.9 Å². The summed E-state index contributed by atoms with van der Waals surface area (Å²) < 4.78 is 0. The normalized spacial score (nSPS) is 27.6. The molecule has 1 aliphatic carbocycles. The van der Waals surface area contributed by atoms with Gasteiger partial charge < -0.3 is 10.6 Å². The summed E-state index contributed by atoms with van der Waals surface area (Å²) >= 11 is 0. The van der Waals surface area contributed by atoms with Gasteiger partial charge in [-0.05, 0) is 38.5 Å². The first kappa shape index (κ1) is 15.5. The third-order valence-electron chi connectivity index (χ3n) is 4.57. The van der Waals surface area contributed by atoms with E-state index in [9.17, 15) is 4.79 Å². The fraction of sp³-hybridized carbons (Fsp3) is 0.933. The van der Waals surface area contributed by atoms with Crippen LogP contribution in [0.4, 0.5) is 0 Å². The molecule has 0 aliphatic heterocycles. The average Bonchev–Trinajstić information content (AvgIpc) is 2.36. The summed E-state index contributed by atoms with van der Waals surface area (Å²) in [6.07, 6.45) is 6.69. The predicted molar refractivity (Wildman–Crippen MR) is 76.2 cm³/mol. The molecule has 3 heteroatoms. The standard InChI is InChI=1S/C15H30N2O/c1-5-7-11(2)17(4)15(18)12(3)13-8-6-9-14(16)10-13/h11-14H,5-10,16H2,1-4H3. The van der Waals surface area contributed by atoms with Crippen LogP contribution in [0.3, 0.4) is 0 Å². The van der Waals surface area contributed by atoms with Crippen LogP contribution >= 0.6 is 0 Å². The number of rotatable bonds is 5. The molecule has 3 nitrogen and oxygen atoms in total. The lowest BCUT2D eigenvalue weighted by atomic mass is 9.78. The Hall–Kier alpha value is -0.570. The van der Waals surface area contributed by atoms with Crippen LogP contribution in [0.5, 0.6) is 0 Å². The first-order valence-corrected chi connectivity index (χ1v) is 7.49. The van der Waals surface area contributed by atoms with Gasteiger partial charge in [-0.3, -0.25) is 4.79 Å². The Morgan fingerprint density at radius 3 is 2.61 bits per heavy atom. The summed E-state index contributed by atoms with van der Waals surface area (Å²) in [5.41, 5.74) is 6.02. The first-order valence-electron chi connectivity index (χ1n) is 7.49. The van der Waals surface area contributed by atoms with E-state index in [0.717, 1.165) is 32.1 Å². The Morgan fingerprint density at radius 2 is 2.06 bits per heavy atom. The number of nitrogens with two attached hydrogens (primary N) is 1. The summed E-state index contributed by atoms with van der Waals surface area (Å²) in [5, 5.41) is 0. The maximum absolute atomic E-state index is 12.5. The van der Waals surface area contributed by atoms with Crippen molar-refractivity contribution in [2.24, 2.45) is 17.6 Å². The molecule has 106 valence electrons. The second-order valence-electron chi connectivity index (χ2n) is 6.06. The highest BCUT2D eigenvalue weighted by molar-refractivity contribution is 5.78. The van der Waals surface area contributed by atoms with Gasteiger partial charge in [-0.15, -0.1) is 0 Å². The minimum absolute atomic E-state index is 0.126. The summed E-state index contributed by atoms with van der Waals surface area (Å²) in [6, 6.07) is 0.652. The molecule has 0 heterocycles. The maximum Gasteiger partial charge on any atom is 0.225 e. The highest BCUT2D eigenvalue weighted by Gasteiger charge is 2.31. The summed E-state index contributed by atoms with van der Waals surface area (Å²) in [6.45, 7) is 6.39. The lowest BCUT2D eigenvalue weighted by Gasteiger charge is -2.34. The molecule has 1 rings (SSSR count). The van der Waals surface area contributed by atoms with Crippen LogP contribution in [0.2, 0.25) is 0 Å². The van der Waals surface area contributed by atoms with E-state index >= 15 is 0 Å². The lowest BCUT2D eigenvalue weighted by Crippen LogP contribution is -2.42. The molecular weight excluding hydrogens is 224 g/mol. The minimum Gasteiger partial charge on any atom is -0.343 e. The third-order valence-corrected chi connectivity index (χ3v) is 4.57. The van der Waals surface area contributed by atoms with Gasteiger partial charge in [0.2, 0.25) is 5.91 Å². The zero-order valence-corrected chi connectivity index (χ0v) is 12.5. The van der Waals surface area contributed by atoms with Crippen molar-refractivity contribution < 1.29 is 4.79 Å². The molecule has 0 aromatic heterocycles. The molecule has 0 radical (unpaired) electrons. The Labute approximate surface area is 112 Å². The molecule has 4 unspecified atom stereocenters. The van der Waals surface area contributed by atoms with Crippen molar-refractivity contribution in [1.82, 2.24) is 4.90 Å². The van der Waals surface area contributed by atoms with Crippen molar-refractivity contribution >= 4 is 5.91 Å². The molecule has 1 amide bonds. The quantitative estimate of drug-likeness (QED) is 0.820. The van der Waals surface area contributed by atoms with Gasteiger partial charge in [0.05, 0.1) is 0 Å². The van der Waals surface area contributed by atoms with Crippen LogP contribution in [0.25, 0.3) is 0 Å². The van der Waals surface area contributed by atoms with E-state index in [4.69, 9.17) is 5.73 Å². The van der Waals surface area contributed by atoms with Gasteiger partial charge in [0, 0.05) is 25.0 Å². The Morgan fingerprint density at radius 1 is 1.39 bits per heavy atom. The van der Waals surface area contributed by atoms with Crippen molar-refractivity contribution in [3.63, 3.8) is 0 Å². The average molecular weight is 254 g/mol. The largest absolute Gasteiger partial charge is 0.343 e. The first-order chi connectivity index (χ1) is 8.47. The fourth-order valence-electron chi connectivity index (χ4n) is 3.07. The monoisotopic (exact) mass is 254 g/mol. The van der Waals surface area contributed by atoms with Crippen molar-refractivity contribution in [3.8, 4) is 0 Å². The van der Waals surface area contributed by atoms with Crippen LogP contribution < -0.4 is 5.73 Å². The van der Waals surface area contributed by atoms with Gasteiger partial charge in [0.15, 0.2) is 0 Å². The van der Waals surface area contributed by atoms with Gasteiger partial charge in [-0.25, -0.2) is 0 Å². The second-order valence-corrected chi connectivity index (χ2v) is 6.06. The highest BCUT2D eigenvalue weighted by atomic mass is 16.2. The summed E-state index contributed by atoms with van der Waals surface area (Å²) in [7, 11) is 1.95. The van der Waals surface area contributed by atoms with Crippen molar-refractivity contribution in [3.05, 3.63) is 0 Å². The number of carbonyl (C=O) groups excluding carboxylic acids is 1. The number of nitrogens with zero attached hydrogens (tertiary/aromatic N) is 1. The van der Waals surface area contributed by atoms with E-state index in [1.807, 2.05) is 11.9 Å². The van der Waals surface area contributed by atoms with Crippen LogP contribution in [0.15, 0.2) is 0 Å². The van der Waals surface area contributed by atoms with Crippen LogP contribution in [-0.4, -0.2) is 29.9 Å². The molecule has 2 N–H and O–H groups in total. The molecule has 0 aromatic rings. The van der Waals surface area contributed by atoms with Gasteiger partial charge >= 0.3 is 0 Å². The molecule has 18 heavy (non-hydrogen) atoms. The fourth-order valence-corrected chi connectivity index (χ4v) is 3.07. The molecule has 4 atom stereocenters. The summed E-state index contributed by atoms with van der Waals surface area (Å²) in [5.74, 6) is 0.910. The molecule has 0 spiro atoms. The second kappa shape index (κ2) is 7.13. The number of amides is 1. The minimum atomic E-state index is 0.126. The van der Waals surface area contributed by atoms with Crippen LogP contribution in [0, 0.1) is 11.8 Å². The van der Waals surface area contributed by atoms with Crippen LogP contribution in [-0.2, 0) is 4.79 Å². The zero-order valence-electron chi connectivity index (χ0n) is 12.5. The van der Waals surface area contributed by atoms with Gasteiger partial charge in [-0.2, -0.15) is 0 Å². The molecule has 0 bridgehead atoms. The number of carbonyl (C=O) groups is 1. The third kappa shape index (κ3) is 3.98. The molecule has 1 fully saturated rings. The number of hydrogen-bond acceptors (Lipinski definition) is 2. The smallest absolute Gasteiger partial charge is 0.225 e. The van der Waals surface area contributed by atoms with Gasteiger partial charge in [0.25, 0.3) is 0 Å². The molecule has 1 saturated carbocycles. The van der Waals surface area contributed by atoms with Crippen LogP contribution in [0.1, 0.15) is 59.3 Å². The van der Waals surface area contributed by atoms with Crippen molar-refractivity contribution in [2.45, 2.75) is 71.4 Å². The van der Waals surface area contributed by atoms with Gasteiger partial charge in [0.1, 0.15) is 0 Å². The topological polar surface area (TPSA) is 46.3 Å². The van der Waals surface area contributed by atoms with Crippen molar-refractivity contribution in [2.75, 3.05) is 7.05 Å². The molecular formula is C15H30N2O. The van der Waals surface area contributed by atoms with E-state index in [1.54, 1.807) is 0 Å². The predicted octanol–water partition coefficient (Wildman–Crippen LogP) is 2.79. The Kier molecular flexibility index (Phi) is 6.13. The lowest BCUT2D eigenvalue weighted by molar-refractivity contribution is -0.137. The molecule has 1 aliphatic rings. The zero-order chi connectivity index (χ0) is 13.7. The maximum atomic E-state index is 12.5. The molecule has 0 aromatic carbocycles. The number of hydrogen-bond donors (Lipinski definition) is 1. The van der Waals surface area contributed by atoms with E-state index in [2.05, 4.69) is 20.8 Å². The highest BCUT2D eigenvalue weighted by Crippen LogP contribution is 2.30.